The van der Waals surface area contributed by atoms with Gasteiger partial charge in [-0.05, 0) is 70.3 Å². The van der Waals surface area contributed by atoms with Gasteiger partial charge in [0.25, 0.3) is 0 Å². The van der Waals surface area contributed by atoms with E-state index in [1.54, 1.807) is 12.1 Å². The number of aryl methyl sites for hydroxylation is 1. The Balaban J connectivity index is 1.44. The van der Waals surface area contributed by atoms with Gasteiger partial charge < -0.3 is 9.80 Å². The number of sulfonamides is 1. The molecule has 1 aromatic carbocycles. The molecule has 1 aromatic rings. The minimum Gasteiger partial charge on any atom is -0.302 e. The molecule has 0 radical (unpaired) electrons. The summed E-state index contributed by atoms with van der Waals surface area (Å²) < 4.78 is 27.8. The standard InChI is InChI=1S/C20H33N3O2S/c1-18-7-9-20(10-8-18)26(24,25)21-16-19-6-5-13-23(17-19)15-14-22-11-3-2-4-12-22/h7-10,19,21H,2-6,11-17H2,1H3. The van der Waals surface area contributed by atoms with Gasteiger partial charge in [0.15, 0.2) is 0 Å². The zero-order chi connectivity index (χ0) is 18.4. The fourth-order valence-electron chi connectivity index (χ4n) is 4.02. The maximum atomic E-state index is 12.5. The van der Waals surface area contributed by atoms with Crippen molar-refractivity contribution in [3.63, 3.8) is 0 Å². The molecule has 3 rings (SSSR count). The van der Waals surface area contributed by atoms with Crippen LogP contribution in [0.1, 0.15) is 37.7 Å². The lowest BCUT2D eigenvalue weighted by atomic mass is 9.98. The van der Waals surface area contributed by atoms with E-state index in [0.717, 1.165) is 44.6 Å². The number of piperidine rings is 2. The largest absolute Gasteiger partial charge is 0.302 e. The van der Waals surface area contributed by atoms with E-state index in [1.165, 1.54) is 32.4 Å². The van der Waals surface area contributed by atoms with Gasteiger partial charge in [-0.1, -0.05) is 24.1 Å². The summed E-state index contributed by atoms with van der Waals surface area (Å²) in [5.74, 6) is 0.408. The minimum absolute atomic E-state index is 0.362. The summed E-state index contributed by atoms with van der Waals surface area (Å²) in [4.78, 5) is 5.46. The van der Waals surface area contributed by atoms with E-state index in [1.807, 2.05) is 19.1 Å². The highest BCUT2D eigenvalue weighted by Crippen LogP contribution is 2.18. The third kappa shape index (κ3) is 5.78. The normalized spacial score (nSPS) is 23.2. The Labute approximate surface area is 158 Å². The molecule has 2 aliphatic rings. The van der Waals surface area contributed by atoms with Gasteiger partial charge in [-0.25, -0.2) is 13.1 Å². The smallest absolute Gasteiger partial charge is 0.240 e. The quantitative estimate of drug-likeness (QED) is 0.791. The average molecular weight is 380 g/mol. The van der Waals surface area contributed by atoms with Crippen molar-refractivity contribution in [2.45, 2.75) is 43.9 Å². The maximum absolute atomic E-state index is 12.5. The van der Waals surface area contributed by atoms with Crippen LogP contribution in [0.2, 0.25) is 0 Å². The third-order valence-corrected chi connectivity index (χ3v) is 7.12. The second kappa shape index (κ2) is 9.31. The van der Waals surface area contributed by atoms with Gasteiger partial charge in [0.1, 0.15) is 0 Å². The monoisotopic (exact) mass is 379 g/mol. The van der Waals surface area contributed by atoms with E-state index in [9.17, 15) is 8.42 Å². The lowest BCUT2D eigenvalue weighted by Gasteiger charge is -2.35. The van der Waals surface area contributed by atoms with Gasteiger partial charge in [0.05, 0.1) is 4.90 Å². The molecule has 1 unspecified atom stereocenters. The van der Waals surface area contributed by atoms with Gasteiger partial charge in [-0.3, -0.25) is 0 Å². The predicted molar refractivity (Wildman–Crippen MR) is 106 cm³/mol. The zero-order valence-corrected chi connectivity index (χ0v) is 16.8. The Morgan fingerprint density at radius 2 is 1.62 bits per heavy atom. The van der Waals surface area contributed by atoms with Crippen molar-refractivity contribution in [1.29, 1.82) is 0 Å². The highest BCUT2D eigenvalue weighted by molar-refractivity contribution is 7.89. The fraction of sp³-hybridized carbons (Fsp3) is 0.700. The molecule has 0 aromatic heterocycles. The summed E-state index contributed by atoms with van der Waals surface area (Å²) >= 11 is 0. The zero-order valence-electron chi connectivity index (χ0n) is 16.0. The Morgan fingerprint density at radius 3 is 2.35 bits per heavy atom. The first-order valence-corrected chi connectivity index (χ1v) is 11.5. The van der Waals surface area contributed by atoms with Gasteiger partial charge >= 0.3 is 0 Å². The molecule has 0 amide bonds. The van der Waals surface area contributed by atoms with Crippen LogP contribution in [0.3, 0.4) is 0 Å². The number of rotatable bonds is 7. The molecule has 0 bridgehead atoms. The molecule has 2 aliphatic heterocycles. The van der Waals surface area contributed by atoms with Crippen LogP contribution in [-0.4, -0.2) is 64.0 Å². The molecule has 2 heterocycles. The molecule has 0 spiro atoms. The molecule has 2 saturated heterocycles. The van der Waals surface area contributed by atoms with Crippen molar-refractivity contribution in [3.8, 4) is 0 Å². The van der Waals surface area contributed by atoms with Crippen LogP contribution in [0.15, 0.2) is 29.2 Å². The number of benzene rings is 1. The van der Waals surface area contributed by atoms with Gasteiger partial charge in [0, 0.05) is 26.2 Å². The molecular weight excluding hydrogens is 346 g/mol. The molecular formula is C20H33N3O2S. The number of hydrogen-bond donors (Lipinski definition) is 1. The van der Waals surface area contributed by atoms with Crippen LogP contribution >= 0.6 is 0 Å². The van der Waals surface area contributed by atoms with E-state index in [0.29, 0.717) is 17.4 Å². The van der Waals surface area contributed by atoms with Crippen LogP contribution in [0, 0.1) is 12.8 Å². The molecule has 5 nitrogen and oxygen atoms in total. The van der Waals surface area contributed by atoms with Crippen LogP contribution < -0.4 is 4.72 Å². The Kier molecular flexibility index (Phi) is 7.09. The SMILES string of the molecule is Cc1ccc(S(=O)(=O)NCC2CCCN(CCN3CCCCC3)C2)cc1. The van der Waals surface area contributed by atoms with E-state index >= 15 is 0 Å². The first kappa shape index (κ1) is 19.8. The number of hydrogen-bond acceptors (Lipinski definition) is 4. The second-order valence-electron chi connectivity index (χ2n) is 7.88. The molecule has 6 heteroatoms. The van der Waals surface area contributed by atoms with Crippen LogP contribution in [-0.2, 0) is 10.0 Å². The van der Waals surface area contributed by atoms with Crippen molar-refractivity contribution in [3.05, 3.63) is 29.8 Å². The van der Waals surface area contributed by atoms with E-state index in [4.69, 9.17) is 0 Å². The summed E-state index contributed by atoms with van der Waals surface area (Å²) in [6.07, 6.45) is 6.32. The lowest BCUT2D eigenvalue weighted by Crippen LogP contribution is -2.44. The van der Waals surface area contributed by atoms with Crippen molar-refractivity contribution in [2.24, 2.45) is 5.92 Å². The molecule has 1 atom stereocenters. The second-order valence-corrected chi connectivity index (χ2v) is 9.64. The predicted octanol–water partition coefficient (Wildman–Crippen LogP) is 2.47. The maximum Gasteiger partial charge on any atom is 0.240 e. The molecule has 0 aliphatic carbocycles. The van der Waals surface area contributed by atoms with E-state index in [-0.39, 0.29) is 0 Å². The number of likely N-dealkylation sites (tertiary alicyclic amines) is 2. The lowest BCUT2D eigenvalue weighted by molar-refractivity contribution is 0.140. The van der Waals surface area contributed by atoms with E-state index in [2.05, 4.69) is 14.5 Å². The topological polar surface area (TPSA) is 52.7 Å². The summed E-state index contributed by atoms with van der Waals surface area (Å²) in [6, 6.07) is 7.06. The van der Waals surface area contributed by atoms with Crippen molar-refractivity contribution >= 4 is 10.0 Å². The molecule has 2 fully saturated rings. The summed E-state index contributed by atoms with van der Waals surface area (Å²) in [5.41, 5.74) is 1.07. The molecule has 26 heavy (non-hydrogen) atoms. The number of nitrogens with zero attached hydrogens (tertiary/aromatic N) is 2. The van der Waals surface area contributed by atoms with Gasteiger partial charge in [0.2, 0.25) is 10.0 Å². The van der Waals surface area contributed by atoms with Crippen molar-refractivity contribution in [2.75, 3.05) is 45.8 Å². The summed E-state index contributed by atoms with van der Waals surface area (Å²) in [7, 11) is -3.40. The summed E-state index contributed by atoms with van der Waals surface area (Å²) in [6.45, 7) is 9.41. The first-order chi connectivity index (χ1) is 12.5. The van der Waals surface area contributed by atoms with Crippen LogP contribution in [0.4, 0.5) is 0 Å². The van der Waals surface area contributed by atoms with Crippen molar-refractivity contribution in [1.82, 2.24) is 14.5 Å². The molecule has 1 N–H and O–H groups in total. The number of nitrogens with one attached hydrogen (secondary N) is 1. The van der Waals surface area contributed by atoms with Gasteiger partial charge in [-0.15, -0.1) is 0 Å². The Bertz CT molecular complexity index is 654. The highest BCUT2D eigenvalue weighted by atomic mass is 32.2. The minimum atomic E-state index is -3.40. The molecule has 0 saturated carbocycles. The molecule has 146 valence electrons. The Morgan fingerprint density at radius 1 is 0.962 bits per heavy atom. The summed E-state index contributed by atoms with van der Waals surface area (Å²) in [5, 5.41) is 0. The van der Waals surface area contributed by atoms with E-state index < -0.39 is 10.0 Å². The Hall–Kier alpha value is -0.950. The van der Waals surface area contributed by atoms with Crippen molar-refractivity contribution < 1.29 is 8.42 Å². The van der Waals surface area contributed by atoms with Gasteiger partial charge in [-0.2, -0.15) is 0 Å². The fourth-order valence-corrected chi connectivity index (χ4v) is 5.13. The van der Waals surface area contributed by atoms with Crippen LogP contribution in [0.25, 0.3) is 0 Å². The first-order valence-electron chi connectivity index (χ1n) is 10.0. The highest BCUT2D eigenvalue weighted by Gasteiger charge is 2.23. The average Bonchev–Trinajstić information content (AvgIpc) is 2.66. The van der Waals surface area contributed by atoms with Crippen LogP contribution in [0.5, 0.6) is 0 Å². The third-order valence-electron chi connectivity index (χ3n) is 5.68.